The third-order valence-electron chi connectivity index (χ3n) is 3.54. The molecule has 1 aromatic rings. The SMILES string of the molecule is Cc1cc(Cl)nc(NC[C@H]2CCCN(C(=O)OC(C)(C)C)C2)n1. The van der Waals surface area contributed by atoms with E-state index in [1.807, 2.05) is 27.7 Å². The van der Waals surface area contributed by atoms with Gasteiger partial charge in [0.1, 0.15) is 10.8 Å². The maximum Gasteiger partial charge on any atom is 0.410 e. The highest BCUT2D eigenvalue weighted by Gasteiger charge is 2.27. The van der Waals surface area contributed by atoms with Crippen LogP contribution in [-0.4, -0.2) is 46.2 Å². The van der Waals surface area contributed by atoms with Gasteiger partial charge in [-0.1, -0.05) is 11.6 Å². The first-order chi connectivity index (χ1) is 10.7. The van der Waals surface area contributed by atoms with Gasteiger partial charge in [-0.3, -0.25) is 0 Å². The van der Waals surface area contributed by atoms with Gasteiger partial charge < -0.3 is 15.0 Å². The number of halogens is 1. The average molecular weight is 341 g/mol. The van der Waals surface area contributed by atoms with Gasteiger partial charge in [0.2, 0.25) is 5.95 Å². The Balaban J connectivity index is 1.87. The molecule has 0 spiro atoms. The lowest BCUT2D eigenvalue weighted by Gasteiger charge is -2.34. The second kappa shape index (κ2) is 7.34. The molecule has 1 aliphatic heterocycles. The molecule has 0 bridgehead atoms. The summed E-state index contributed by atoms with van der Waals surface area (Å²) in [5.74, 6) is 0.878. The monoisotopic (exact) mass is 340 g/mol. The van der Waals surface area contributed by atoms with E-state index in [0.717, 1.165) is 25.1 Å². The molecule has 1 aliphatic rings. The van der Waals surface area contributed by atoms with Gasteiger partial charge in [-0.2, -0.15) is 0 Å². The Morgan fingerprint density at radius 1 is 1.48 bits per heavy atom. The summed E-state index contributed by atoms with van der Waals surface area (Å²) in [5, 5.41) is 3.65. The fraction of sp³-hybridized carbons (Fsp3) is 0.688. The number of nitrogens with zero attached hydrogens (tertiary/aromatic N) is 3. The van der Waals surface area contributed by atoms with Gasteiger partial charge in [0.25, 0.3) is 0 Å². The molecule has 0 unspecified atom stereocenters. The van der Waals surface area contributed by atoms with E-state index >= 15 is 0 Å². The van der Waals surface area contributed by atoms with E-state index in [4.69, 9.17) is 16.3 Å². The molecule has 0 saturated carbocycles. The van der Waals surface area contributed by atoms with Crippen LogP contribution in [0, 0.1) is 12.8 Å². The van der Waals surface area contributed by atoms with Crippen molar-refractivity contribution < 1.29 is 9.53 Å². The molecule has 1 fully saturated rings. The summed E-state index contributed by atoms with van der Waals surface area (Å²) >= 11 is 5.94. The lowest BCUT2D eigenvalue weighted by Crippen LogP contribution is -2.44. The highest BCUT2D eigenvalue weighted by atomic mass is 35.5. The molecule has 2 heterocycles. The molecule has 1 atom stereocenters. The number of carbonyl (C=O) groups excluding carboxylic acids is 1. The van der Waals surface area contributed by atoms with Crippen LogP contribution < -0.4 is 5.32 Å². The maximum absolute atomic E-state index is 12.2. The zero-order valence-electron chi connectivity index (χ0n) is 14.2. The van der Waals surface area contributed by atoms with Crippen molar-refractivity contribution in [3.05, 3.63) is 16.9 Å². The Kier molecular flexibility index (Phi) is 5.68. The normalized spacial score (nSPS) is 18.7. The fourth-order valence-corrected chi connectivity index (χ4v) is 2.81. The van der Waals surface area contributed by atoms with Crippen LogP contribution in [0.3, 0.4) is 0 Å². The topological polar surface area (TPSA) is 67.4 Å². The van der Waals surface area contributed by atoms with Gasteiger partial charge in [-0.15, -0.1) is 0 Å². The predicted molar refractivity (Wildman–Crippen MR) is 90.8 cm³/mol. The highest BCUT2D eigenvalue weighted by Crippen LogP contribution is 2.20. The molecule has 2 rings (SSSR count). The summed E-state index contributed by atoms with van der Waals surface area (Å²) < 4.78 is 5.44. The van der Waals surface area contributed by atoms with Crippen LogP contribution in [0.25, 0.3) is 0 Å². The first-order valence-electron chi connectivity index (χ1n) is 7.96. The van der Waals surface area contributed by atoms with E-state index < -0.39 is 5.60 Å². The van der Waals surface area contributed by atoms with E-state index in [2.05, 4.69) is 15.3 Å². The molecule has 1 saturated heterocycles. The molecule has 128 valence electrons. The summed E-state index contributed by atoms with van der Waals surface area (Å²) in [6, 6.07) is 1.72. The number of piperidine rings is 1. The maximum atomic E-state index is 12.2. The van der Waals surface area contributed by atoms with Crippen LogP contribution in [0.5, 0.6) is 0 Å². The number of hydrogen-bond donors (Lipinski definition) is 1. The molecule has 0 aliphatic carbocycles. The Morgan fingerprint density at radius 3 is 2.87 bits per heavy atom. The van der Waals surface area contributed by atoms with Gasteiger partial charge in [-0.25, -0.2) is 14.8 Å². The van der Waals surface area contributed by atoms with Gasteiger partial charge in [0.05, 0.1) is 0 Å². The van der Waals surface area contributed by atoms with E-state index in [1.54, 1.807) is 11.0 Å². The number of hydrogen-bond acceptors (Lipinski definition) is 5. The van der Waals surface area contributed by atoms with Crippen molar-refractivity contribution in [1.29, 1.82) is 0 Å². The number of ether oxygens (including phenoxy) is 1. The lowest BCUT2D eigenvalue weighted by molar-refractivity contribution is 0.0172. The van der Waals surface area contributed by atoms with Gasteiger partial charge in [0.15, 0.2) is 0 Å². The second-order valence-electron chi connectivity index (χ2n) is 6.97. The van der Waals surface area contributed by atoms with Crippen molar-refractivity contribution in [1.82, 2.24) is 14.9 Å². The smallest absolute Gasteiger partial charge is 0.410 e. The Morgan fingerprint density at radius 2 is 2.22 bits per heavy atom. The number of amides is 1. The minimum atomic E-state index is -0.464. The number of aryl methyl sites for hydroxylation is 1. The molecule has 1 amide bonds. The molecule has 7 heteroatoms. The largest absolute Gasteiger partial charge is 0.444 e. The van der Waals surface area contributed by atoms with E-state index in [-0.39, 0.29) is 6.09 Å². The molecule has 0 aromatic carbocycles. The van der Waals surface area contributed by atoms with Gasteiger partial charge in [-0.05, 0) is 52.5 Å². The third-order valence-corrected chi connectivity index (χ3v) is 3.74. The highest BCUT2D eigenvalue weighted by molar-refractivity contribution is 6.29. The minimum absolute atomic E-state index is 0.239. The number of nitrogens with one attached hydrogen (secondary N) is 1. The number of rotatable bonds is 3. The first-order valence-corrected chi connectivity index (χ1v) is 8.34. The molecule has 6 nitrogen and oxygen atoms in total. The van der Waals surface area contributed by atoms with Crippen molar-refractivity contribution in [2.24, 2.45) is 5.92 Å². The van der Waals surface area contributed by atoms with Crippen LogP contribution in [0.1, 0.15) is 39.3 Å². The van der Waals surface area contributed by atoms with Crippen molar-refractivity contribution in [3.8, 4) is 0 Å². The van der Waals surface area contributed by atoms with Crippen LogP contribution in [0.2, 0.25) is 5.15 Å². The number of carbonyl (C=O) groups is 1. The number of aromatic nitrogens is 2. The zero-order valence-corrected chi connectivity index (χ0v) is 15.0. The Hall–Kier alpha value is -1.56. The average Bonchev–Trinajstić information content (AvgIpc) is 2.43. The first kappa shape index (κ1) is 17.8. The van der Waals surface area contributed by atoms with Crippen molar-refractivity contribution in [3.63, 3.8) is 0 Å². The van der Waals surface area contributed by atoms with Crippen molar-refractivity contribution >= 4 is 23.6 Å². The van der Waals surface area contributed by atoms with E-state index in [9.17, 15) is 4.79 Å². The predicted octanol–water partition coefficient (Wildman–Crippen LogP) is 3.50. The van der Waals surface area contributed by atoms with Gasteiger partial charge in [0, 0.05) is 25.3 Å². The Labute approximate surface area is 142 Å². The molecule has 1 aromatic heterocycles. The summed E-state index contributed by atoms with van der Waals surface area (Å²) in [5.41, 5.74) is 0.362. The summed E-state index contributed by atoms with van der Waals surface area (Å²) in [6.07, 6.45) is 1.80. The summed E-state index contributed by atoms with van der Waals surface area (Å²) in [6.45, 7) is 9.66. The molecule has 0 radical (unpaired) electrons. The molecule has 23 heavy (non-hydrogen) atoms. The fourth-order valence-electron chi connectivity index (χ4n) is 2.57. The van der Waals surface area contributed by atoms with Crippen LogP contribution in [0.15, 0.2) is 6.07 Å². The van der Waals surface area contributed by atoms with Crippen LogP contribution in [0.4, 0.5) is 10.7 Å². The summed E-state index contributed by atoms with van der Waals surface area (Å²) in [7, 11) is 0. The molecular weight excluding hydrogens is 316 g/mol. The standard InChI is InChI=1S/C16H25ClN4O2/c1-11-8-13(17)20-14(19-11)18-9-12-6-5-7-21(10-12)15(22)23-16(2,3)4/h8,12H,5-7,9-10H2,1-4H3,(H,18,19,20)/t12-/m1/s1. The third kappa shape index (κ3) is 5.86. The molecular formula is C16H25ClN4O2. The Bertz CT molecular complexity index is 539. The quantitative estimate of drug-likeness (QED) is 0.853. The summed E-state index contributed by atoms with van der Waals surface area (Å²) in [4.78, 5) is 22.4. The number of likely N-dealkylation sites (tertiary alicyclic amines) is 1. The van der Waals surface area contributed by atoms with E-state index in [1.165, 1.54) is 0 Å². The molecule has 1 N–H and O–H groups in total. The van der Waals surface area contributed by atoms with Crippen LogP contribution in [-0.2, 0) is 4.74 Å². The van der Waals surface area contributed by atoms with Gasteiger partial charge >= 0.3 is 6.09 Å². The minimum Gasteiger partial charge on any atom is -0.444 e. The number of anilines is 1. The lowest BCUT2D eigenvalue weighted by atomic mass is 9.98. The zero-order chi connectivity index (χ0) is 17.0. The van der Waals surface area contributed by atoms with E-state index in [0.29, 0.717) is 30.1 Å². The van der Waals surface area contributed by atoms with Crippen molar-refractivity contribution in [2.45, 2.75) is 46.1 Å². The van der Waals surface area contributed by atoms with Crippen LogP contribution >= 0.6 is 11.6 Å². The van der Waals surface area contributed by atoms with Crippen molar-refractivity contribution in [2.75, 3.05) is 25.0 Å². The second-order valence-corrected chi connectivity index (χ2v) is 7.36.